The van der Waals surface area contributed by atoms with Crippen LogP contribution in [0.3, 0.4) is 0 Å². The molecule has 1 unspecified atom stereocenters. The van der Waals surface area contributed by atoms with Crippen molar-refractivity contribution in [1.29, 1.82) is 0 Å². The fourth-order valence-corrected chi connectivity index (χ4v) is 3.05. The van der Waals surface area contributed by atoms with Crippen molar-refractivity contribution in [2.45, 2.75) is 38.0 Å². The Morgan fingerprint density at radius 2 is 2.24 bits per heavy atom. The van der Waals surface area contributed by atoms with Crippen LogP contribution in [-0.2, 0) is 11.8 Å². The summed E-state index contributed by atoms with van der Waals surface area (Å²) < 4.78 is 1.68. The van der Waals surface area contributed by atoms with Crippen LogP contribution in [0, 0.1) is 5.92 Å². The highest BCUT2D eigenvalue weighted by Gasteiger charge is 2.22. The van der Waals surface area contributed by atoms with Crippen LogP contribution in [0.2, 0.25) is 0 Å². The summed E-state index contributed by atoms with van der Waals surface area (Å²) in [5, 5.41) is 10.7. The molecule has 1 fully saturated rings. The summed E-state index contributed by atoms with van der Waals surface area (Å²) in [4.78, 5) is 16.6. The van der Waals surface area contributed by atoms with Gasteiger partial charge in [0, 0.05) is 19.4 Å². The first-order valence-corrected chi connectivity index (χ1v) is 7.80. The molecule has 114 valence electrons. The highest BCUT2D eigenvalue weighted by atomic mass is 16.1. The van der Waals surface area contributed by atoms with Crippen molar-refractivity contribution in [2.75, 3.05) is 18.4 Å². The van der Waals surface area contributed by atoms with E-state index in [2.05, 4.69) is 32.9 Å². The van der Waals surface area contributed by atoms with E-state index in [0.29, 0.717) is 24.2 Å². The first-order valence-electron chi connectivity index (χ1n) is 7.80. The average Bonchev–Trinajstić information content (AvgIpc) is 3.11. The van der Waals surface area contributed by atoms with Crippen molar-refractivity contribution in [3.05, 3.63) is 18.0 Å². The lowest BCUT2D eigenvalue weighted by Gasteiger charge is -2.19. The van der Waals surface area contributed by atoms with E-state index in [0.717, 1.165) is 44.6 Å². The number of rotatable bonds is 4. The van der Waals surface area contributed by atoms with Crippen molar-refractivity contribution >= 4 is 11.9 Å². The first kappa shape index (κ1) is 14.3. The molecule has 2 N–H and O–H groups in total. The topological polar surface area (TPSA) is 71.8 Å². The van der Waals surface area contributed by atoms with Gasteiger partial charge in [0.15, 0.2) is 5.82 Å². The van der Waals surface area contributed by atoms with Gasteiger partial charge in [0.1, 0.15) is 0 Å². The van der Waals surface area contributed by atoms with Crippen LogP contribution < -0.4 is 10.6 Å². The van der Waals surface area contributed by atoms with Crippen molar-refractivity contribution in [3.63, 3.8) is 0 Å². The van der Waals surface area contributed by atoms with Gasteiger partial charge in [0.25, 0.3) is 0 Å². The fraction of sp³-hybridized carbons (Fsp3) is 0.667. The van der Waals surface area contributed by atoms with E-state index >= 15 is 0 Å². The van der Waals surface area contributed by atoms with E-state index in [-0.39, 0.29) is 5.91 Å². The van der Waals surface area contributed by atoms with Gasteiger partial charge in [-0.3, -0.25) is 10.1 Å². The van der Waals surface area contributed by atoms with E-state index in [1.807, 2.05) is 7.05 Å². The van der Waals surface area contributed by atoms with Gasteiger partial charge in [-0.2, -0.15) is 10.1 Å². The van der Waals surface area contributed by atoms with E-state index in [4.69, 9.17) is 0 Å². The van der Waals surface area contributed by atoms with Crippen LogP contribution in [-0.4, -0.2) is 33.8 Å². The molecule has 6 heteroatoms. The average molecular weight is 289 g/mol. The number of hydrogen-bond donors (Lipinski definition) is 2. The van der Waals surface area contributed by atoms with Crippen molar-refractivity contribution in [3.8, 4) is 0 Å². The Kier molecular flexibility index (Phi) is 4.34. The number of hydrogen-bond acceptors (Lipinski definition) is 4. The first-order chi connectivity index (χ1) is 10.2. The predicted molar refractivity (Wildman–Crippen MR) is 81.0 cm³/mol. The SMILES string of the molecule is Cn1nc(C2CCNCC2)nc1NC(=O)CC1C=CCC1. The van der Waals surface area contributed by atoms with Gasteiger partial charge in [-0.25, -0.2) is 4.68 Å². The van der Waals surface area contributed by atoms with Crippen molar-refractivity contribution < 1.29 is 4.79 Å². The maximum Gasteiger partial charge on any atom is 0.227 e. The number of aromatic nitrogens is 3. The van der Waals surface area contributed by atoms with Gasteiger partial charge in [0.2, 0.25) is 11.9 Å². The summed E-state index contributed by atoms with van der Waals surface area (Å²) in [5.41, 5.74) is 0. The normalized spacial score (nSPS) is 22.6. The summed E-state index contributed by atoms with van der Waals surface area (Å²) in [7, 11) is 1.84. The molecular weight excluding hydrogens is 266 g/mol. The maximum atomic E-state index is 12.1. The molecule has 2 aliphatic rings. The Morgan fingerprint density at radius 1 is 1.43 bits per heavy atom. The number of carbonyl (C=O) groups excluding carboxylic acids is 1. The molecule has 0 spiro atoms. The zero-order valence-electron chi connectivity index (χ0n) is 12.5. The molecule has 21 heavy (non-hydrogen) atoms. The van der Waals surface area contributed by atoms with E-state index in [1.165, 1.54) is 0 Å². The highest BCUT2D eigenvalue weighted by Crippen LogP contribution is 2.24. The lowest BCUT2D eigenvalue weighted by atomic mass is 9.98. The van der Waals surface area contributed by atoms with Crippen LogP contribution in [0.4, 0.5) is 5.95 Å². The van der Waals surface area contributed by atoms with Gasteiger partial charge >= 0.3 is 0 Å². The molecule has 1 amide bonds. The number of piperidine rings is 1. The van der Waals surface area contributed by atoms with Gasteiger partial charge in [-0.15, -0.1) is 0 Å². The van der Waals surface area contributed by atoms with E-state index in [9.17, 15) is 4.79 Å². The summed E-state index contributed by atoms with van der Waals surface area (Å²) in [6.07, 6.45) is 9.10. The lowest BCUT2D eigenvalue weighted by Crippen LogP contribution is -2.27. The standard InChI is InChI=1S/C15H23N5O/c1-20-15(17-13(21)10-11-4-2-3-5-11)18-14(19-20)12-6-8-16-9-7-12/h2,4,11-12,16H,3,5-10H2,1H3,(H,17,18,19,21). The molecule has 1 aliphatic carbocycles. The molecular formula is C15H23N5O. The molecule has 1 saturated heterocycles. The zero-order valence-corrected chi connectivity index (χ0v) is 12.5. The minimum atomic E-state index is 0.0268. The summed E-state index contributed by atoms with van der Waals surface area (Å²) in [5.74, 6) is 2.23. The van der Waals surface area contributed by atoms with E-state index in [1.54, 1.807) is 4.68 Å². The molecule has 0 bridgehead atoms. The monoisotopic (exact) mass is 289 g/mol. The Morgan fingerprint density at radius 3 is 2.95 bits per heavy atom. The van der Waals surface area contributed by atoms with Gasteiger partial charge in [-0.05, 0) is 44.7 Å². The van der Waals surface area contributed by atoms with E-state index < -0.39 is 0 Å². The molecule has 2 heterocycles. The molecule has 0 radical (unpaired) electrons. The quantitative estimate of drug-likeness (QED) is 0.826. The van der Waals surface area contributed by atoms with Gasteiger partial charge in [0.05, 0.1) is 0 Å². The minimum Gasteiger partial charge on any atom is -0.317 e. The molecule has 1 aromatic rings. The molecule has 6 nitrogen and oxygen atoms in total. The maximum absolute atomic E-state index is 12.1. The summed E-state index contributed by atoms with van der Waals surface area (Å²) >= 11 is 0. The Balaban J connectivity index is 1.60. The second-order valence-corrected chi connectivity index (χ2v) is 5.96. The number of aryl methyl sites for hydroxylation is 1. The smallest absolute Gasteiger partial charge is 0.227 e. The third kappa shape index (κ3) is 3.50. The molecule has 0 aromatic carbocycles. The van der Waals surface area contributed by atoms with Crippen LogP contribution in [0.1, 0.15) is 43.8 Å². The molecule has 1 atom stereocenters. The molecule has 3 rings (SSSR count). The largest absolute Gasteiger partial charge is 0.317 e. The Hall–Kier alpha value is -1.69. The van der Waals surface area contributed by atoms with Crippen molar-refractivity contribution in [2.24, 2.45) is 13.0 Å². The minimum absolute atomic E-state index is 0.0268. The summed E-state index contributed by atoms with van der Waals surface area (Å²) in [6.45, 7) is 2.03. The van der Waals surface area contributed by atoms with Crippen LogP contribution >= 0.6 is 0 Å². The molecule has 1 aliphatic heterocycles. The molecule has 1 aromatic heterocycles. The number of anilines is 1. The van der Waals surface area contributed by atoms with Crippen molar-refractivity contribution in [1.82, 2.24) is 20.1 Å². The summed E-state index contributed by atoms with van der Waals surface area (Å²) in [6, 6.07) is 0. The highest BCUT2D eigenvalue weighted by molar-refractivity contribution is 5.89. The number of nitrogens with zero attached hydrogens (tertiary/aromatic N) is 3. The number of nitrogens with one attached hydrogen (secondary N) is 2. The lowest BCUT2D eigenvalue weighted by molar-refractivity contribution is -0.116. The third-order valence-electron chi connectivity index (χ3n) is 4.29. The molecule has 0 saturated carbocycles. The van der Waals surface area contributed by atoms with Gasteiger partial charge in [-0.1, -0.05) is 12.2 Å². The number of allylic oxidation sites excluding steroid dienone is 2. The van der Waals surface area contributed by atoms with Crippen LogP contribution in [0.25, 0.3) is 0 Å². The predicted octanol–water partition coefficient (Wildman–Crippen LogP) is 1.58. The Labute approximate surface area is 125 Å². The van der Waals surface area contributed by atoms with Gasteiger partial charge < -0.3 is 5.32 Å². The fourth-order valence-electron chi connectivity index (χ4n) is 3.05. The second-order valence-electron chi connectivity index (χ2n) is 5.96. The zero-order chi connectivity index (χ0) is 14.7. The van der Waals surface area contributed by atoms with Crippen LogP contribution in [0.5, 0.6) is 0 Å². The number of amides is 1. The number of carbonyl (C=O) groups is 1. The third-order valence-corrected chi connectivity index (χ3v) is 4.29. The Bertz CT molecular complexity index is 530. The van der Waals surface area contributed by atoms with Crippen LogP contribution in [0.15, 0.2) is 12.2 Å². The second kappa shape index (κ2) is 6.39.